The summed E-state index contributed by atoms with van der Waals surface area (Å²) in [5.41, 5.74) is 0.451. The number of anilines is 1. The highest BCUT2D eigenvalue weighted by atomic mass is 35.5. The van der Waals surface area contributed by atoms with Gasteiger partial charge in [-0.05, 0) is 43.5 Å². The lowest BCUT2D eigenvalue weighted by Crippen LogP contribution is -2.51. The van der Waals surface area contributed by atoms with Gasteiger partial charge in [-0.25, -0.2) is 8.42 Å². The normalized spacial score (nSPS) is 17.3. The van der Waals surface area contributed by atoms with E-state index in [4.69, 9.17) is 11.6 Å². The zero-order valence-corrected chi connectivity index (χ0v) is 15.7. The molecule has 1 saturated carbocycles. The molecule has 1 atom stereocenters. The van der Waals surface area contributed by atoms with Gasteiger partial charge >= 0.3 is 0 Å². The van der Waals surface area contributed by atoms with Crippen LogP contribution in [-0.2, 0) is 14.8 Å². The Morgan fingerprint density at radius 3 is 2.33 bits per heavy atom. The largest absolute Gasteiger partial charge is 0.352 e. The summed E-state index contributed by atoms with van der Waals surface area (Å²) >= 11 is 5.89. The van der Waals surface area contributed by atoms with Gasteiger partial charge in [0.1, 0.15) is 6.04 Å². The molecule has 0 saturated heterocycles. The molecule has 7 heteroatoms. The van der Waals surface area contributed by atoms with Crippen LogP contribution in [0.2, 0.25) is 5.02 Å². The Kier molecular flexibility index (Phi) is 6.52. The second kappa shape index (κ2) is 8.21. The lowest BCUT2D eigenvalue weighted by atomic mass is 9.95. The summed E-state index contributed by atoms with van der Waals surface area (Å²) in [6, 6.07) is 5.89. The van der Waals surface area contributed by atoms with E-state index >= 15 is 0 Å². The number of rotatable bonds is 6. The molecule has 1 aromatic carbocycles. The highest BCUT2D eigenvalue weighted by Crippen LogP contribution is 2.25. The van der Waals surface area contributed by atoms with Crippen molar-refractivity contribution in [2.75, 3.05) is 10.6 Å². The molecule has 0 aliphatic heterocycles. The predicted molar refractivity (Wildman–Crippen MR) is 97.9 cm³/mol. The molecule has 0 spiro atoms. The SMILES string of the molecule is CC[C@H](C(=O)NC1CCCCC1)N(c1ccc(Cl)cc1)S(C)(=O)=O. The van der Waals surface area contributed by atoms with Gasteiger partial charge in [-0.2, -0.15) is 0 Å². The number of hydrogen-bond donors (Lipinski definition) is 1. The van der Waals surface area contributed by atoms with Crippen LogP contribution in [0.15, 0.2) is 24.3 Å². The zero-order chi connectivity index (χ0) is 17.7. The third-order valence-electron chi connectivity index (χ3n) is 4.36. The predicted octanol–water partition coefficient (Wildman–Crippen LogP) is 3.33. The molecule has 1 fully saturated rings. The molecule has 0 bridgehead atoms. The molecule has 1 aromatic rings. The fourth-order valence-corrected chi connectivity index (χ4v) is 4.53. The van der Waals surface area contributed by atoms with Gasteiger partial charge in [0.05, 0.1) is 11.9 Å². The molecule has 1 aliphatic carbocycles. The quantitative estimate of drug-likeness (QED) is 0.832. The Morgan fingerprint density at radius 1 is 1.25 bits per heavy atom. The Hall–Kier alpha value is -1.27. The van der Waals surface area contributed by atoms with Gasteiger partial charge in [-0.3, -0.25) is 9.10 Å². The topological polar surface area (TPSA) is 66.5 Å². The maximum atomic E-state index is 12.7. The minimum absolute atomic E-state index is 0.145. The Morgan fingerprint density at radius 2 is 1.83 bits per heavy atom. The van der Waals surface area contributed by atoms with Gasteiger partial charge in [0.15, 0.2) is 0 Å². The molecule has 0 heterocycles. The number of carbonyl (C=O) groups is 1. The van der Waals surface area contributed by atoms with Crippen molar-refractivity contribution in [3.8, 4) is 0 Å². The number of nitrogens with one attached hydrogen (secondary N) is 1. The van der Waals surface area contributed by atoms with Crippen molar-refractivity contribution in [2.24, 2.45) is 0 Å². The third kappa shape index (κ3) is 4.86. The smallest absolute Gasteiger partial charge is 0.244 e. The molecule has 1 aliphatic rings. The first-order valence-electron chi connectivity index (χ1n) is 8.38. The minimum Gasteiger partial charge on any atom is -0.352 e. The number of hydrogen-bond acceptors (Lipinski definition) is 3. The number of amides is 1. The number of halogens is 1. The molecule has 0 radical (unpaired) electrons. The van der Waals surface area contributed by atoms with Gasteiger partial charge in [0.25, 0.3) is 0 Å². The number of carbonyl (C=O) groups excluding carboxylic acids is 1. The molecule has 134 valence electrons. The van der Waals surface area contributed by atoms with Crippen molar-refractivity contribution in [1.82, 2.24) is 5.32 Å². The van der Waals surface area contributed by atoms with Crippen LogP contribution in [0.5, 0.6) is 0 Å². The second-order valence-electron chi connectivity index (χ2n) is 6.30. The fraction of sp³-hybridized carbons (Fsp3) is 0.588. The maximum Gasteiger partial charge on any atom is 0.244 e. The molecule has 24 heavy (non-hydrogen) atoms. The van der Waals surface area contributed by atoms with Crippen molar-refractivity contribution in [1.29, 1.82) is 0 Å². The molecule has 5 nitrogen and oxygen atoms in total. The summed E-state index contributed by atoms with van der Waals surface area (Å²) in [5, 5.41) is 3.55. The van der Waals surface area contributed by atoms with Gasteiger partial charge in [0, 0.05) is 11.1 Å². The lowest BCUT2D eigenvalue weighted by molar-refractivity contribution is -0.123. The Balaban J connectivity index is 2.24. The summed E-state index contributed by atoms with van der Waals surface area (Å²) < 4.78 is 25.8. The van der Waals surface area contributed by atoms with E-state index < -0.39 is 16.1 Å². The standard InChI is InChI=1S/C17H25ClN2O3S/c1-3-16(17(21)19-14-7-5-4-6-8-14)20(24(2,22)23)15-11-9-13(18)10-12-15/h9-12,14,16H,3-8H2,1-2H3,(H,19,21)/t16-/m1/s1. The molecule has 0 unspecified atom stereocenters. The Labute approximate surface area is 149 Å². The highest BCUT2D eigenvalue weighted by Gasteiger charge is 2.32. The van der Waals surface area contributed by atoms with E-state index in [1.54, 1.807) is 24.3 Å². The van der Waals surface area contributed by atoms with Crippen LogP contribution in [0.4, 0.5) is 5.69 Å². The average molecular weight is 373 g/mol. The first kappa shape index (κ1) is 19.1. The van der Waals surface area contributed by atoms with Gasteiger partial charge < -0.3 is 5.32 Å². The van der Waals surface area contributed by atoms with Gasteiger partial charge in [-0.1, -0.05) is 37.8 Å². The number of nitrogens with zero attached hydrogens (tertiary/aromatic N) is 1. The first-order chi connectivity index (χ1) is 11.3. The van der Waals surface area contributed by atoms with E-state index in [1.807, 2.05) is 6.92 Å². The number of sulfonamides is 1. The van der Waals surface area contributed by atoms with Crippen molar-refractivity contribution in [3.63, 3.8) is 0 Å². The first-order valence-corrected chi connectivity index (χ1v) is 10.6. The summed E-state index contributed by atoms with van der Waals surface area (Å²) in [7, 11) is -3.60. The summed E-state index contributed by atoms with van der Waals surface area (Å²) in [6.45, 7) is 1.82. The maximum absolute atomic E-state index is 12.7. The lowest BCUT2D eigenvalue weighted by Gasteiger charge is -2.32. The second-order valence-corrected chi connectivity index (χ2v) is 8.60. The van der Waals surface area contributed by atoms with Crippen molar-refractivity contribution >= 4 is 33.2 Å². The van der Waals surface area contributed by atoms with Crippen LogP contribution in [0, 0.1) is 0 Å². The van der Waals surface area contributed by atoms with Crippen LogP contribution in [0.1, 0.15) is 45.4 Å². The Bertz CT molecular complexity index is 655. The molecule has 2 rings (SSSR count). The van der Waals surface area contributed by atoms with Crippen molar-refractivity contribution in [3.05, 3.63) is 29.3 Å². The highest BCUT2D eigenvalue weighted by molar-refractivity contribution is 7.92. The average Bonchev–Trinajstić information content (AvgIpc) is 2.53. The van der Waals surface area contributed by atoms with E-state index in [9.17, 15) is 13.2 Å². The van der Waals surface area contributed by atoms with E-state index in [0.29, 0.717) is 17.1 Å². The van der Waals surface area contributed by atoms with Crippen molar-refractivity contribution in [2.45, 2.75) is 57.5 Å². The van der Waals surface area contributed by atoms with Crippen LogP contribution >= 0.6 is 11.6 Å². The molecular formula is C17H25ClN2O3S. The molecule has 1 amide bonds. The van der Waals surface area contributed by atoms with Gasteiger partial charge in [0.2, 0.25) is 15.9 Å². The van der Waals surface area contributed by atoms with E-state index in [1.165, 1.54) is 10.7 Å². The summed E-state index contributed by atoms with van der Waals surface area (Å²) in [4.78, 5) is 12.7. The van der Waals surface area contributed by atoms with Crippen LogP contribution in [0.25, 0.3) is 0 Å². The molecular weight excluding hydrogens is 348 g/mol. The van der Waals surface area contributed by atoms with Crippen LogP contribution in [-0.4, -0.2) is 32.7 Å². The fourth-order valence-electron chi connectivity index (χ4n) is 3.19. The van der Waals surface area contributed by atoms with Crippen LogP contribution in [0.3, 0.4) is 0 Å². The number of benzene rings is 1. The summed E-state index contributed by atoms with van der Waals surface area (Å²) in [6.07, 6.45) is 6.85. The summed E-state index contributed by atoms with van der Waals surface area (Å²) in [5.74, 6) is -0.232. The molecule has 1 N–H and O–H groups in total. The monoisotopic (exact) mass is 372 g/mol. The minimum atomic E-state index is -3.60. The van der Waals surface area contributed by atoms with E-state index in [0.717, 1.165) is 31.9 Å². The third-order valence-corrected chi connectivity index (χ3v) is 5.79. The van der Waals surface area contributed by atoms with E-state index in [-0.39, 0.29) is 11.9 Å². The van der Waals surface area contributed by atoms with Crippen LogP contribution < -0.4 is 9.62 Å². The molecule has 0 aromatic heterocycles. The zero-order valence-electron chi connectivity index (χ0n) is 14.2. The van der Waals surface area contributed by atoms with Gasteiger partial charge in [-0.15, -0.1) is 0 Å². The van der Waals surface area contributed by atoms with Crippen molar-refractivity contribution < 1.29 is 13.2 Å². The van der Waals surface area contributed by atoms with E-state index in [2.05, 4.69) is 5.32 Å².